The lowest BCUT2D eigenvalue weighted by Gasteiger charge is -2.31. The van der Waals surface area contributed by atoms with Crippen molar-refractivity contribution in [2.75, 3.05) is 26.2 Å². The summed E-state index contributed by atoms with van der Waals surface area (Å²) in [5.74, 6) is -3.74. The highest BCUT2D eigenvalue weighted by molar-refractivity contribution is 5.96. The second-order valence-corrected chi connectivity index (χ2v) is 14.0. The molecule has 0 aromatic heterocycles. The molecule has 51 heavy (non-hydrogen) atoms. The highest BCUT2D eigenvalue weighted by atomic mass is 16.4. The Morgan fingerprint density at radius 3 is 2.20 bits per heavy atom. The maximum Gasteiger partial charge on any atom is 0.326 e. The first-order valence-electron chi connectivity index (χ1n) is 18.4. The van der Waals surface area contributed by atoms with Crippen molar-refractivity contribution in [3.63, 3.8) is 0 Å². The molecule has 3 saturated heterocycles. The van der Waals surface area contributed by atoms with Gasteiger partial charge in [-0.05, 0) is 94.5 Å². The number of benzene rings is 1. The summed E-state index contributed by atoms with van der Waals surface area (Å²) < 4.78 is 0. The van der Waals surface area contributed by atoms with E-state index in [9.17, 15) is 39.0 Å². The second-order valence-electron chi connectivity index (χ2n) is 14.0. The monoisotopic (exact) mass is 713 g/mol. The minimum Gasteiger partial charge on any atom is -0.508 e. The van der Waals surface area contributed by atoms with Crippen LogP contribution in [0.1, 0.15) is 83.6 Å². The number of carboxylic acids is 1. The van der Waals surface area contributed by atoms with E-state index in [-0.39, 0.29) is 43.0 Å². The smallest absolute Gasteiger partial charge is 0.326 e. The number of aromatic hydroxyl groups is 1. The number of carbonyl (C=O) groups excluding carboxylic acids is 5. The third-order valence-electron chi connectivity index (χ3n) is 10.4. The minimum absolute atomic E-state index is 0.0274. The Kier molecular flexibility index (Phi) is 14.6. The molecule has 1 aromatic carbocycles. The highest BCUT2D eigenvalue weighted by Gasteiger charge is 2.41. The molecule has 3 fully saturated rings. The summed E-state index contributed by atoms with van der Waals surface area (Å²) in [5, 5.41) is 31.2. The van der Waals surface area contributed by atoms with Crippen LogP contribution in [0.15, 0.2) is 24.3 Å². The van der Waals surface area contributed by atoms with E-state index in [0.717, 1.165) is 13.0 Å². The fourth-order valence-corrected chi connectivity index (χ4v) is 7.20. The van der Waals surface area contributed by atoms with Gasteiger partial charge in [-0.15, -0.1) is 0 Å². The Bertz CT molecular complexity index is 1390. The first kappa shape index (κ1) is 39.5. The van der Waals surface area contributed by atoms with Crippen LogP contribution in [0.25, 0.3) is 0 Å². The predicted molar refractivity (Wildman–Crippen MR) is 188 cm³/mol. The quantitative estimate of drug-likeness (QED) is 0.110. The molecule has 3 aliphatic heterocycles. The number of amides is 5. The van der Waals surface area contributed by atoms with Gasteiger partial charge in [0.25, 0.3) is 0 Å². The number of hydrogen-bond acceptors (Lipinski definition) is 9. The number of phenols is 1. The molecule has 8 N–H and O–H groups in total. The molecule has 1 aromatic rings. The SMILES string of the molecule is CC[C@H](C)[C@H](NC(=O)[C@H](CCCCN)NC(=O)[C@@H]1CCCN1C(=O)[C@@H]1CCCN1)C(=O)N[C@@H](Cc1ccc(O)cc1)C(=O)N1CCC[C@H]1C(=O)O. The van der Waals surface area contributed by atoms with Gasteiger partial charge in [0.1, 0.15) is 36.0 Å². The molecule has 3 aliphatic rings. The molecular weight excluding hydrogens is 658 g/mol. The molecule has 15 nitrogen and oxygen atoms in total. The van der Waals surface area contributed by atoms with E-state index >= 15 is 0 Å². The Morgan fingerprint density at radius 1 is 0.882 bits per heavy atom. The van der Waals surface area contributed by atoms with Crippen LogP contribution in [0.3, 0.4) is 0 Å². The zero-order valence-corrected chi connectivity index (χ0v) is 29.8. The van der Waals surface area contributed by atoms with Gasteiger partial charge in [-0.3, -0.25) is 24.0 Å². The Balaban J connectivity index is 1.51. The molecule has 4 rings (SSSR count). The minimum atomic E-state index is -1.15. The van der Waals surface area contributed by atoms with Crippen molar-refractivity contribution < 1.29 is 39.0 Å². The summed E-state index contributed by atoms with van der Waals surface area (Å²) in [5.41, 5.74) is 6.35. The van der Waals surface area contributed by atoms with E-state index in [4.69, 9.17) is 5.73 Å². The normalized spacial score (nSPS) is 22.5. The molecule has 15 heteroatoms. The lowest BCUT2D eigenvalue weighted by molar-refractivity contribution is -0.149. The van der Waals surface area contributed by atoms with Gasteiger partial charge in [0.2, 0.25) is 29.5 Å². The van der Waals surface area contributed by atoms with Crippen molar-refractivity contribution in [1.29, 1.82) is 0 Å². The first-order valence-corrected chi connectivity index (χ1v) is 18.4. The van der Waals surface area contributed by atoms with E-state index in [1.807, 2.05) is 6.92 Å². The molecule has 5 amide bonds. The number of carbonyl (C=O) groups is 6. The first-order chi connectivity index (χ1) is 24.4. The summed E-state index contributed by atoms with van der Waals surface area (Å²) in [6.45, 7) is 5.50. The number of phenolic OH excluding ortho intramolecular Hbond substituents is 1. The molecule has 0 spiro atoms. The van der Waals surface area contributed by atoms with E-state index < -0.39 is 59.8 Å². The average molecular weight is 714 g/mol. The molecule has 0 aliphatic carbocycles. The van der Waals surface area contributed by atoms with Crippen LogP contribution in [-0.2, 0) is 35.2 Å². The Labute approximate surface area is 299 Å². The average Bonchev–Trinajstić information content (AvgIpc) is 3.92. The summed E-state index contributed by atoms with van der Waals surface area (Å²) in [6, 6.07) is 0.890. The van der Waals surface area contributed by atoms with Gasteiger partial charge in [-0.1, -0.05) is 32.4 Å². The number of nitrogens with two attached hydrogens (primary N) is 1. The van der Waals surface area contributed by atoms with Crippen LogP contribution in [0.5, 0.6) is 5.75 Å². The third kappa shape index (κ3) is 10.4. The topological polar surface area (TPSA) is 223 Å². The summed E-state index contributed by atoms with van der Waals surface area (Å²) in [6.07, 6.45) is 5.52. The van der Waals surface area contributed by atoms with Crippen molar-refractivity contribution in [3.05, 3.63) is 29.8 Å². The number of rotatable bonds is 17. The van der Waals surface area contributed by atoms with Gasteiger partial charge >= 0.3 is 5.97 Å². The van der Waals surface area contributed by atoms with Gasteiger partial charge in [0.15, 0.2) is 0 Å². The number of unbranched alkanes of at least 4 members (excludes halogenated alkanes) is 1. The molecule has 0 saturated carbocycles. The predicted octanol–water partition coefficient (Wildman–Crippen LogP) is 0.383. The van der Waals surface area contributed by atoms with Crippen molar-refractivity contribution in [3.8, 4) is 5.75 Å². The van der Waals surface area contributed by atoms with Crippen molar-refractivity contribution >= 4 is 35.5 Å². The number of nitrogens with one attached hydrogen (secondary N) is 4. The summed E-state index contributed by atoms with van der Waals surface area (Å²) >= 11 is 0. The fraction of sp³-hybridized carbons (Fsp3) is 0.667. The van der Waals surface area contributed by atoms with Crippen LogP contribution in [-0.4, -0.2) is 118 Å². The van der Waals surface area contributed by atoms with Gasteiger partial charge < -0.3 is 47.0 Å². The Morgan fingerprint density at radius 2 is 1.57 bits per heavy atom. The fourth-order valence-electron chi connectivity index (χ4n) is 7.20. The number of nitrogens with zero attached hydrogens (tertiary/aromatic N) is 2. The van der Waals surface area contributed by atoms with Gasteiger partial charge in [0, 0.05) is 19.5 Å². The maximum atomic E-state index is 14.0. The number of hydrogen-bond donors (Lipinski definition) is 7. The van der Waals surface area contributed by atoms with E-state index in [2.05, 4.69) is 21.3 Å². The molecule has 3 heterocycles. The lowest BCUT2D eigenvalue weighted by Crippen LogP contribution is -2.60. The van der Waals surface area contributed by atoms with E-state index in [1.54, 1.807) is 24.0 Å². The van der Waals surface area contributed by atoms with Crippen LogP contribution in [0, 0.1) is 5.92 Å². The Hall–Kier alpha value is -4.24. The van der Waals surface area contributed by atoms with Crippen molar-refractivity contribution in [2.24, 2.45) is 11.7 Å². The highest BCUT2D eigenvalue weighted by Crippen LogP contribution is 2.23. The molecule has 7 atom stereocenters. The third-order valence-corrected chi connectivity index (χ3v) is 10.4. The van der Waals surface area contributed by atoms with Crippen LogP contribution < -0.4 is 27.0 Å². The van der Waals surface area contributed by atoms with Gasteiger partial charge in [-0.25, -0.2) is 4.79 Å². The zero-order valence-electron chi connectivity index (χ0n) is 29.8. The lowest BCUT2D eigenvalue weighted by atomic mass is 9.96. The number of aliphatic carboxylic acids is 1. The van der Waals surface area contributed by atoms with Crippen LogP contribution in [0.2, 0.25) is 0 Å². The number of carboxylic acid groups (broad SMARTS) is 1. The largest absolute Gasteiger partial charge is 0.508 e. The van der Waals surface area contributed by atoms with Crippen LogP contribution >= 0.6 is 0 Å². The number of likely N-dealkylation sites (tertiary alicyclic amines) is 2. The summed E-state index contributed by atoms with van der Waals surface area (Å²) in [4.78, 5) is 83.4. The van der Waals surface area contributed by atoms with Crippen molar-refractivity contribution in [2.45, 2.75) is 121 Å². The molecule has 0 bridgehead atoms. The van der Waals surface area contributed by atoms with E-state index in [1.165, 1.54) is 17.0 Å². The molecule has 282 valence electrons. The zero-order chi connectivity index (χ0) is 37.1. The standard InChI is InChI=1S/C36H55N7O8/c1-3-22(2)30(33(47)40-27(21-23-13-15-24(44)16-14-23)35(49)43-20-8-12-29(43)36(50)51)41-31(45)25(9-4-5-17-37)39-32(46)28-11-7-19-42(28)34(48)26-10-6-18-38-26/h13-16,22,25-30,38,44H,3-12,17-21,37H2,1-2H3,(H,39,46)(H,40,47)(H,41,45)(H,50,51)/t22-,25-,26-,27-,28-,29-,30-/m0/s1. The molecule has 0 radical (unpaired) electrons. The molecule has 0 unspecified atom stereocenters. The molecular formula is C36H55N7O8. The van der Waals surface area contributed by atoms with E-state index in [0.29, 0.717) is 70.0 Å². The maximum absolute atomic E-state index is 14.0. The van der Waals surface area contributed by atoms with Gasteiger partial charge in [0.05, 0.1) is 6.04 Å². The summed E-state index contributed by atoms with van der Waals surface area (Å²) in [7, 11) is 0. The van der Waals surface area contributed by atoms with Crippen LogP contribution in [0.4, 0.5) is 0 Å². The van der Waals surface area contributed by atoms with Crippen molar-refractivity contribution in [1.82, 2.24) is 31.1 Å². The van der Waals surface area contributed by atoms with Gasteiger partial charge in [-0.2, -0.15) is 0 Å². The second kappa shape index (κ2) is 18.8.